The third-order valence-electron chi connectivity index (χ3n) is 4.02. The van der Waals surface area contributed by atoms with Crippen LogP contribution in [-0.4, -0.2) is 25.8 Å². The number of rotatable bonds is 3. The highest BCUT2D eigenvalue weighted by molar-refractivity contribution is 5.37. The topological polar surface area (TPSA) is 35.5 Å². The maximum Gasteiger partial charge on any atom is 0.293 e. The van der Waals surface area contributed by atoms with E-state index in [0.717, 1.165) is 19.6 Å². The highest BCUT2D eigenvalue weighted by Gasteiger charge is 2.31. The average Bonchev–Trinajstić information content (AvgIpc) is 2.87. The van der Waals surface area contributed by atoms with Gasteiger partial charge in [0.1, 0.15) is 6.10 Å². The summed E-state index contributed by atoms with van der Waals surface area (Å²) in [6.07, 6.45) is 6.25. The normalized spacial score (nSPS) is 31.7. The second-order valence-corrected chi connectivity index (χ2v) is 5.92. The van der Waals surface area contributed by atoms with Gasteiger partial charge in [0, 0.05) is 13.2 Å². The van der Waals surface area contributed by atoms with E-state index >= 15 is 0 Å². The van der Waals surface area contributed by atoms with Crippen LogP contribution in [0.15, 0.2) is 0 Å². The molecule has 1 aliphatic carbocycles. The minimum atomic E-state index is 0.168. The van der Waals surface area contributed by atoms with Crippen molar-refractivity contribution in [3.8, 4) is 0 Å². The first-order chi connectivity index (χ1) is 8.65. The van der Waals surface area contributed by atoms with Crippen LogP contribution in [0.1, 0.15) is 52.9 Å². The summed E-state index contributed by atoms with van der Waals surface area (Å²) in [5.74, 6) is 1.90. The molecule has 3 nitrogen and oxygen atoms in total. The van der Waals surface area contributed by atoms with E-state index in [-0.39, 0.29) is 6.10 Å². The number of carbonyl (C=O) groups excluding carboxylic acids is 1. The molecule has 3 heteroatoms. The van der Waals surface area contributed by atoms with Crippen molar-refractivity contribution in [1.82, 2.24) is 0 Å². The van der Waals surface area contributed by atoms with Crippen molar-refractivity contribution in [3.63, 3.8) is 0 Å². The molecule has 0 spiro atoms. The molecule has 0 aromatic carbocycles. The van der Waals surface area contributed by atoms with E-state index in [0.29, 0.717) is 24.2 Å². The van der Waals surface area contributed by atoms with Crippen LogP contribution in [0, 0.1) is 17.8 Å². The minimum absolute atomic E-state index is 0.168. The summed E-state index contributed by atoms with van der Waals surface area (Å²) in [5.41, 5.74) is 0. The van der Waals surface area contributed by atoms with Crippen LogP contribution in [0.5, 0.6) is 0 Å². The van der Waals surface area contributed by atoms with Gasteiger partial charge in [-0.25, -0.2) is 0 Å². The zero-order valence-corrected chi connectivity index (χ0v) is 12.1. The molecule has 0 amide bonds. The van der Waals surface area contributed by atoms with Crippen molar-refractivity contribution in [2.24, 2.45) is 17.8 Å². The molecule has 0 aromatic heterocycles. The lowest BCUT2D eigenvalue weighted by Crippen LogP contribution is -2.33. The van der Waals surface area contributed by atoms with Crippen LogP contribution >= 0.6 is 0 Å². The average molecular weight is 256 g/mol. The van der Waals surface area contributed by atoms with Gasteiger partial charge in [-0.3, -0.25) is 4.79 Å². The van der Waals surface area contributed by atoms with Crippen molar-refractivity contribution < 1.29 is 14.3 Å². The molecule has 0 radical (unpaired) electrons. The number of carbonyl (C=O) groups is 1. The zero-order chi connectivity index (χ0) is 13.4. The molecule has 1 saturated heterocycles. The quantitative estimate of drug-likeness (QED) is 0.726. The molecule has 0 aromatic rings. The molecule has 2 aliphatic rings. The monoisotopic (exact) mass is 256 g/mol. The van der Waals surface area contributed by atoms with Crippen LogP contribution < -0.4 is 0 Å². The largest absolute Gasteiger partial charge is 0.464 e. The SMILES string of the molecule is C1CCOC1.CC1CCC(C(C)C)C(OC=O)C1. The lowest BCUT2D eigenvalue weighted by Gasteiger charge is -2.35. The molecule has 106 valence electrons. The molecular formula is C15H28O3. The van der Waals surface area contributed by atoms with Gasteiger partial charge in [0.15, 0.2) is 0 Å². The summed E-state index contributed by atoms with van der Waals surface area (Å²) in [7, 11) is 0. The van der Waals surface area contributed by atoms with E-state index < -0.39 is 0 Å². The molecule has 1 aliphatic heterocycles. The van der Waals surface area contributed by atoms with Gasteiger partial charge in [-0.15, -0.1) is 0 Å². The Bertz CT molecular complexity index is 216. The van der Waals surface area contributed by atoms with Crippen molar-refractivity contribution in [2.45, 2.75) is 59.0 Å². The molecule has 3 unspecified atom stereocenters. The van der Waals surface area contributed by atoms with Crippen molar-refractivity contribution >= 4 is 6.47 Å². The van der Waals surface area contributed by atoms with Crippen LogP contribution in [0.25, 0.3) is 0 Å². The van der Waals surface area contributed by atoms with Gasteiger partial charge in [-0.05, 0) is 43.4 Å². The van der Waals surface area contributed by atoms with E-state index in [1.807, 2.05) is 0 Å². The number of ether oxygens (including phenoxy) is 2. The third-order valence-corrected chi connectivity index (χ3v) is 4.02. The van der Waals surface area contributed by atoms with Crippen LogP contribution in [-0.2, 0) is 14.3 Å². The Labute approximate surface area is 111 Å². The van der Waals surface area contributed by atoms with Gasteiger partial charge >= 0.3 is 0 Å². The zero-order valence-electron chi connectivity index (χ0n) is 12.1. The van der Waals surface area contributed by atoms with Gasteiger partial charge in [0.05, 0.1) is 0 Å². The Balaban J connectivity index is 0.000000269. The summed E-state index contributed by atoms with van der Waals surface area (Å²) in [5, 5.41) is 0. The Morgan fingerprint density at radius 3 is 2.33 bits per heavy atom. The van der Waals surface area contributed by atoms with Gasteiger partial charge in [0.25, 0.3) is 6.47 Å². The highest BCUT2D eigenvalue weighted by Crippen LogP contribution is 2.34. The van der Waals surface area contributed by atoms with Crippen LogP contribution in [0.2, 0.25) is 0 Å². The first kappa shape index (κ1) is 15.5. The van der Waals surface area contributed by atoms with Crippen LogP contribution in [0.4, 0.5) is 0 Å². The molecule has 1 saturated carbocycles. The summed E-state index contributed by atoms with van der Waals surface area (Å²) in [6, 6.07) is 0. The Kier molecular flexibility index (Phi) is 7.33. The van der Waals surface area contributed by atoms with Gasteiger partial charge in [0.2, 0.25) is 0 Å². The van der Waals surface area contributed by atoms with E-state index in [2.05, 4.69) is 20.8 Å². The number of hydrogen-bond acceptors (Lipinski definition) is 3. The van der Waals surface area contributed by atoms with E-state index in [9.17, 15) is 4.79 Å². The molecule has 2 rings (SSSR count). The fourth-order valence-corrected chi connectivity index (χ4v) is 2.85. The fraction of sp³-hybridized carbons (Fsp3) is 0.933. The predicted molar refractivity (Wildman–Crippen MR) is 72.3 cm³/mol. The van der Waals surface area contributed by atoms with Gasteiger partial charge in [-0.1, -0.05) is 27.2 Å². The highest BCUT2D eigenvalue weighted by atomic mass is 16.5. The smallest absolute Gasteiger partial charge is 0.293 e. The van der Waals surface area contributed by atoms with Gasteiger partial charge in [-0.2, -0.15) is 0 Å². The summed E-state index contributed by atoms with van der Waals surface area (Å²) in [6.45, 7) is 9.26. The lowest BCUT2D eigenvalue weighted by molar-refractivity contribution is -0.140. The van der Waals surface area contributed by atoms with E-state index in [1.165, 1.54) is 25.7 Å². The molecule has 18 heavy (non-hydrogen) atoms. The lowest BCUT2D eigenvalue weighted by atomic mass is 9.75. The molecule has 2 fully saturated rings. The van der Waals surface area contributed by atoms with E-state index in [1.54, 1.807) is 0 Å². The molecule has 1 heterocycles. The van der Waals surface area contributed by atoms with Crippen molar-refractivity contribution in [3.05, 3.63) is 0 Å². The van der Waals surface area contributed by atoms with E-state index in [4.69, 9.17) is 9.47 Å². The first-order valence-corrected chi connectivity index (χ1v) is 7.32. The summed E-state index contributed by atoms with van der Waals surface area (Å²) < 4.78 is 10.1. The Morgan fingerprint density at radius 1 is 1.22 bits per heavy atom. The fourth-order valence-electron chi connectivity index (χ4n) is 2.85. The van der Waals surface area contributed by atoms with Crippen molar-refractivity contribution in [1.29, 1.82) is 0 Å². The molecule has 0 N–H and O–H groups in total. The first-order valence-electron chi connectivity index (χ1n) is 7.32. The Hall–Kier alpha value is -0.570. The third kappa shape index (κ3) is 5.38. The predicted octanol–water partition coefficient (Wildman–Crippen LogP) is 3.42. The second-order valence-electron chi connectivity index (χ2n) is 5.92. The van der Waals surface area contributed by atoms with Gasteiger partial charge < -0.3 is 9.47 Å². The molecular weight excluding hydrogens is 228 g/mol. The molecule has 0 bridgehead atoms. The maximum absolute atomic E-state index is 10.3. The van der Waals surface area contributed by atoms with Crippen molar-refractivity contribution in [2.75, 3.05) is 13.2 Å². The Morgan fingerprint density at radius 2 is 1.89 bits per heavy atom. The molecule has 3 atom stereocenters. The summed E-state index contributed by atoms with van der Waals surface area (Å²) >= 11 is 0. The maximum atomic E-state index is 10.3. The standard InChI is InChI=1S/C11H20O2.C4H8O/c1-8(2)10-5-4-9(3)6-11(10)13-7-12;1-2-4-5-3-1/h7-11H,4-6H2,1-3H3;1-4H2. The van der Waals surface area contributed by atoms with Crippen LogP contribution in [0.3, 0.4) is 0 Å². The summed E-state index contributed by atoms with van der Waals surface area (Å²) in [4.78, 5) is 10.3. The minimum Gasteiger partial charge on any atom is -0.464 e. The number of hydrogen-bond donors (Lipinski definition) is 0. The second kappa shape index (κ2) is 8.52.